The monoisotopic (exact) mass is 410 g/mol. The van der Waals surface area contributed by atoms with Gasteiger partial charge in [0.25, 0.3) is 0 Å². The van der Waals surface area contributed by atoms with Crippen molar-refractivity contribution < 1.29 is 13.5 Å². The second-order valence-corrected chi connectivity index (χ2v) is 5.51. The molecule has 0 aliphatic carbocycles. The first-order valence-corrected chi connectivity index (χ1v) is 7.47. The third-order valence-corrected chi connectivity index (χ3v) is 3.87. The molecule has 0 amide bonds. The third-order valence-electron chi connectivity index (χ3n) is 2.36. The Morgan fingerprint density at radius 1 is 1.11 bits per heavy atom. The van der Waals surface area contributed by atoms with Crippen molar-refractivity contribution in [2.75, 3.05) is 0 Å². The molecule has 0 saturated heterocycles. The summed E-state index contributed by atoms with van der Waals surface area (Å²) in [5.74, 6) is -0.220. The molecule has 0 spiro atoms. The van der Waals surface area contributed by atoms with Gasteiger partial charge in [0, 0.05) is 17.0 Å². The molecule has 0 unspecified atom stereocenters. The Balaban J connectivity index is 2.39. The fourth-order valence-electron chi connectivity index (χ4n) is 1.45. The van der Waals surface area contributed by atoms with Gasteiger partial charge in [-0.25, -0.2) is 8.78 Å². The summed E-state index contributed by atoms with van der Waals surface area (Å²) < 4.78 is 32.6. The Kier molecular flexibility index (Phi) is 4.81. The summed E-state index contributed by atoms with van der Waals surface area (Å²) in [4.78, 5) is 0. The minimum Gasteiger partial charge on any atom is -0.456 e. The van der Waals surface area contributed by atoms with E-state index in [4.69, 9.17) is 16.3 Å². The Bertz CT molecular complexity index is 620. The molecular formula is C13H7Br2ClF2O. The van der Waals surface area contributed by atoms with E-state index in [1.165, 1.54) is 30.3 Å². The van der Waals surface area contributed by atoms with Crippen molar-refractivity contribution in [3.8, 4) is 11.5 Å². The molecule has 6 heteroatoms. The fraction of sp³-hybridized carbons (Fsp3) is 0.0769. The molecule has 0 N–H and O–H groups in total. The molecule has 0 radical (unpaired) electrons. The summed E-state index contributed by atoms with van der Waals surface area (Å²) in [6.45, 7) is 0. The van der Waals surface area contributed by atoms with E-state index in [-0.39, 0.29) is 16.6 Å². The van der Waals surface area contributed by atoms with Crippen LogP contribution in [0.25, 0.3) is 0 Å². The van der Waals surface area contributed by atoms with Gasteiger partial charge in [-0.2, -0.15) is 0 Å². The maximum absolute atomic E-state index is 13.4. The summed E-state index contributed by atoms with van der Waals surface area (Å²) >= 11 is 12.1. The summed E-state index contributed by atoms with van der Waals surface area (Å²) in [7, 11) is 0. The standard InChI is InChI=1S/C13H7Br2ClF2O/c14-6-7-3-8(17)1-2-12(7)19-13-5-11(18)10(16)4-9(13)15/h1-5H,6H2. The van der Waals surface area contributed by atoms with Crippen LogP contribution in [0.3, 0.4) is 0 Å². The van der Waals surface area contributed by atoms with Gasteiger partial charge in [-0.3, -0.25) is 0 Å². The smallest absolute Gasteiger partial charge is 0.145 e. The molecule has 0 atom stereocenters. The van der Waals surface area contributed by atoms with Crippen LogP contribution in [0.4, 0.5) is 8.78 Å². The highest BCUT2D eigenvalue weighted by molar-refractivity contribution is 9.10. The molecule has 100 valence electrons. The lowest BCUT2D eigenvalue weighted by Crippen LogP contribution is -1.92. The van der Waals surface area contributed by atoms with E-state index in [9.17, 15) is 8.78 Å². The number of halogens is 5. The van der Waals surface area contributed by atoms with Gasteiger partial charge in [-0.1, -0.05) is 27.5 Å². The Morgan fingerprint density at radius 3 is 2.53 bits per heavy atom. The van der Waals surface area contributed by atoms with Crippen molar-refractivity contribution in [2.45, 2.75) is 5.33 Å². The maximum atomic E-state index is 13.4. The number of benzene rings is 2. The zero-order valence-electron chi connectivity index (χ0n) is 9.39. The van der Waals surface area contributed by atoms with Crippen LogP contribution in [0.1, 0.15) is 5.56 Å². The Hall–Kier alpha value is -0.650. The first-order chi connectivity index (χ1) is 9.01. The van der Waals surface area contributed by atoms with Gasteiger partial charge in [0.15, 0.2) is 0 Å². The number of ether oxygens (including phenoxy) is 1. The largest absolute Gasteiger partial charge is 0.456 e. The van der Waals surface area contributed by atoms with Crippen LogP contribution in [0.5, 0.6) is 11.5 Å². The summed E-state index contributed by atoms with van der Waals surface area (Å²) in [6, 6.07) is 6.70. The van der Waals surface area contributed by atoms with Crippen LogP contribution < -0.4 is 4.74 Å². The SMILES string of the molecule is Fc1ccc(Oc2cc(F)c(Cl)cc2Br)c(CBr)c1. The molecule has 19 heavy (non-hydrogen) atoms. The van der Waals surface area contributed by atoms with Crippen molar-refractivity contribution in [1.29, 1.82) is 0 Å². The van der Waals surface area contributed by atoms with E-state index in [0.29, 0.717) is 21.1 Å². The predicted molar refractivity (Wildman–Crippen MR) is 78.2 cm³/mol. The maximum Gasteiger partial charge on any atom is 0.145 e. The van der Waals surface area contributed by atoms with E-state index in [2.05, 4.69) is 31.9 Å². The van der Waals surface area contributed by atoms with E-state index in [1.807, 2.05) is 0 Å². The van der Waals surface area contributed by atoms with Crippen LogP contribution in [0.2, 0.25) is 5.02 Å². The normalized spacial score (nSPS) is 10.6. The van der Waals surface area contributed by atoms with Crippen LogP contribution in [0.15, 0.2) is 34.8 Å². The lowest BCUT2D eigenvalue weighted by molar-refractivity contribution is 0.468. The highest BCUT2D eigenvalue weighted by Crippen LogP contribution is 2.35. The summed E-state index contributed by atoms with van der Waals surface area (Å²) in [6.07, 6.45) is 0. The zero-order chi connectivity index (χ0) is 14.0. The minimum absolute atomic E-state index is 0.000883. The second-order valence-electron chi connectivity index (χ2n) is 3.68. The lowest BCUT2D eigenvalue weighted by Gasteiger charge is -2.11. The highest BCUT2D eigenvalue weighted by atomic mass is 79.9. The summed E-state index contributed by atoms with van der Waals surface area (Å²) in [5, 5.41) is 0.424. The molecule has 1 nitrogen and oxygen atoms in total. The Morgan fingerprint density at radius 2 is 1.84 bits per heavy atom. The molecule has 0 bridgehead atoms. The van der Waals surface area contributed by atoms with Gasteiger partial charge >= 0.3 is 0 Å². The molecule has 0 aliphatic heterocycles. The summed E-state index contributed by atoms with van der Waals surface area (Å²) in [5.41, 5.74) is 0.627. The van der Waals surface area contributed by atoms with Crippen LogP contribution in [0, 0.1) is 11.6 Å². The topological polar surface area (TPSA) is 9.23 Å². The van der Waals surface area contributed by atoms with Crippen molar-refractivity contribution in [1.82, 2.24) is 0 Å². The fourth-order valence-corrected chi connectivity index (χ4v) is 2.61. The molecule has 0 heterocycles. The van der Waals surface area contributed by atoms with Crippen LogP contribution in [-0.2, 0) is 5.33 Å². The quantitative estimate of drug-likeness (QED) is 0.439. The molecule has 2 aromatic rings. The van der Waals surface area contributed by atoms with Gasteiger partial charge in [-0.15, -0.1) is 0 Å². The lowest BCUT2D eigenvalue weighted by atomic mass is 10.2. The highest BCUT2D eigenvalue weighted by Gasteiger charge is 2.11. The van der Waals surface area contributed by atoms with Crippen LogP contribution in [-0.4, -0.2) is 0 Å². The first kappa shape index (κ1) is 14.8. The average molecular weight is 412 g/mol. The van der Waals surface area contributed by atoms with Crippen molar-refractivity contribution in [2.24, 2.45) is 0 Å². The van der Waals surface area contributed by atoms with Crippen LogP contribution >= 0.6 is 43.5 Å². The Labute approximate surface area is 130 Å². The molecule has 0 saturated carbocycles. The molecule has 0 aromatic heterocycles. The van der Waals surface area contributed by atoms with Crippen molar-refractivity contribution in [3.63, 3.8) is 0 Å². The number of hydrogen-bond donors (Lipinski definition) is 0. The van der Waals surface area contributed by atoms with Gasteiger partial charge in [0.2, 0.25) is 0 Å². The molecule has 2 aromatic carbocycles. The number of hydrogen-bond acceptors (Lipinski definition) is 1. The van der Waals surface area contributed by atoms with Gasteiger partial charge < -0.3 is 4.74 Å². The molecule has 0 aliphatic rings. The molecular weight excluding hydrogens is 405 g/mol. The number of rotatable bonds is 3. The van der Waals surface area contributed by atoms with Crippen molar-refractivity contribution in [3.05, 3.63) is 57.0 Å². The minimum atomic E-state index is -0.581. The van der Waals surface area contributed by atoms with E-state index in [0.717, 1.165) is 0 Å². The molecule has 0 fully saturated rings. The van der Waals surface area contributed by atoms with E-state index in [1.54, 1.807) is 0 Å². The van der Waals surface area contributed by atoms with Gasteiger partial charge in [-0.05, 0) is 40.2 Å². The average Bonchev–Trinajstić information content (AvgIpc) is 2.37. The van der Waals surface area contributed by atoms with E-state index < -0.39 is 5.82 Å². The van der Waals surface area contributed by atoms with E-state index >= 15 is 0 Å². The number of alkyl halides is 1. The van der Waals surface area contributed by atoms with Gasteiger partial charge in [0.05, 0.1) is 9.50 Å². The molecule has 2 rings (SSSR count). The van der Waals surface area contributed by atoms with Crippen molar-refractivity contribution >= 4 is 43.5 Å². The first-order valence-electron chi connectivity index (χ1n) is 5.18. The zero-order valence-corrected chi connectivity index (χ0v) is 13.3. The third kappa shape index (κ3) is 3.46. The van der Waals surface area contributed by atoms with Gasteiger partial charge in [0.1, 0.15) is 23.1 Å². The second kappa shape index (κ2) is 6.20. The predicted octanol–water partition coefficient (Wildman–Crippen LogP) is 6.07.